The average Bonchev–Trinajstić information content (AvgIpc) is 0.744. The van der Waals surface area contributed by atoms with Crippen LogP contribution in [-0.4, -0.2) is 22.6 Å². The van der Waals surface area contributed by atoms with Crippen molar-refractivity contribution in [1.29, 1.82) is 0 Å². The first-order chi connectivity index (χ1) is 45.4. The molecule has 4 aliphatic carbocycles. The quantitative estimate of drug-likeness (QED) is 0.0629. The van der Waals surface area contributed by atoms with E-state index in [1.807, 2.05) is 0 Å². The summed E-state index contributed by atoms with van der Waals surface area (Å²) in [5.74, 6) is 0. The van der Waals surface area contributed by atoms with Gasteiger partial charge in [0.15, 0.2) is 0 Å². The zero-order valence-corrected chi connectivity index (χ0v) is 59.3. The van der Waals surface area contributed by atoms with E-state index < -0.39 is 31.7 Å². The van der Waals surface area contributed by atoms with Crippen LogP contribution in [0, 0.1) is 0 Å². The summed E-state index contributed by atoms with van der Waals surface area (Å²) in [5.41, 5.74) is 11.5. The lowest BCUT2D eigenvalue weighted by Crippen LogP contribution is -2.28. The third-order valence-corrected chi connectivity index (χ3v) is 33.8. The first kappa shape index (κ1) is 63.8. The van der Waals surface area contributed by atoms with Crippen LogP contribution in [0.15, 0.2) is 217 Å². The van der Waals surface area contributed by atoms with Gasteiger partial charge in [0.1, 0.15) is 0 Å². The van der Waals surface area contributed by atoms with Crippen LogP contribution < -0.4 is 31.8 Å². The largest absolute Gasteiger partial charge is 0.0805 e. The molecule has 0 heterocycles. The third-order valence-electron chi connectivity index (χ3n) is 21.7. The van der Waals surface area contributed by atoms with E-state index in [0.29, 0.717) is 11.3 Å². The van der Waals surface area contributed by atoms with Crippen LogP contribution in [-0.2, 0) is 0 Å². The van der Waals surface area contributed by atoms with Gasteiger partial charge in [0, 0.05) is 0 Å². The van der Waals surface area contributed by atoms with Crippen molar-refractivity contribution in [1.82, 2.24) is 0 Å². The van der Waals surface area contributed by atoms with Gasteiger partial charge in [-0.05, 0) is 261 Å². The number of rotatable bonds is 21. The van der Waals surface area contributed by atoms with E-state index in [2.05, 4.69) is 234 Å². The van der Waals surface area contributed by atoms with Gasteiger partial charge in [0.25, 0.3) is 0 Å². The molecule has 92 heavy (non-hydrogen) atoms. The molecule has 2 saturated carbocycles. The maximum atomic E-state index is 2.73. The van der Waals surface area contributed by atoms with Crippen molar-refractivity contribution in [2.45, 2.75) is 204 Å². The predicted octanol–water partition coefficient (Wildman–Crippen LogP) is 25.1. The summed E-state index contributed by atoms with van der Waals surface area (Å²) in [6.07, 6.45) is 37.2. The standard InChI is InChI=1S/C88H98P4/c1-5-7-30-63(3)89(71-35-14-9-15-36-71)81-58-52-66-32-24-27-45-77(66)85(81)87-79-47-29-26-34-68(79)54-60-83(87)92(75-43-22-13-23-44-75)76-56-50-65(51-57-76)70-49-48-69-55-61-84(91(73-39-18-11-19-40-73)74-41-20-12-21-42-74)88(80(69)62-70)86-78-46-28-25-33-67(78)53-59-82(86)90(64(4)31-8-6-2)72-37-16-10-17-38-72/h13,22-29,32-35,37,43-64,73-74H,5-12,14-21,30-31,36,38-42H2,1-4H3. The second-order valence-corrected chi connectivity index (χ2v) is 38.0. The van der Waals surface area contributed by atoms with Crippen molar-refractivity contribution >= 4 is 107 Å². The highest BCUT2D eigenvalue weighted by molar-refractivity contribution is 7.80. The minimum Gasteiger partial charge on any atom is -0.0805 e. The van der Waals surface area contributed by atoms with Gasteiger partial charge in [-0.15, -0.1) is 0 Å². The summed E-state index contributed by atoms with van der Waals surface area (Å²) in [6, 6.07) is 78.3. The molecule has 0 aromatic heterocycles. The van der Waals surface area contributed by atoms with Crippen LogP contribution in [0.3, 0.4) is 0 Å². The van der Waals surface area contributed by atoms with Gasteiger partial charge < -0.3 is 0 Å². The van der Waals surface area contributed by atoms with Gasteiger partial charge in [-0.3, -0.25) is 0 Å². The van der Waals surface area contributed by atoms with E-state index in [-0.39, 0.29) is 0 Å². The van der Waals surface area contributed by atoms with Crippen LogP contribution in [0.1, 0.15) is 182 Å². The Morgan fingerprint density at radius 1 is 0.359 bits per heavy atom. The molecule has 0 saturated heterocycles. The van der Waals surface area contributed by atoms with E-state index >= 15 is 0 Å². The van der Waals surface area contributed by atoms with Gasteiger partial charge in [-0.2, -0.15) is 0 Å². The number of fused-ring (bicyclic) bond motifs is 4. The normalized spacial score (nSPS) is 17.8. The molecule has 14 rings (SSSR count). The minimum atomic E-state index is -1.01. The molecule has 5 atom stereocenters. The molecule has 4 aliphatic rings. The average molecular weight is 1280 g/mol. The number of hydrogen-bond donors (Lipinski definition) is 0. The Balaban J connectivity index is 0.971. The Hall–Kier alpha value is -5.56. The molecule has 5 unspecified atom stereocenters. The molecule has 0 radical (unpaired) electrons. The molecule has 4 heteroatoms. The molecule has 470 valence electrons. The zero-order chi connectivity index (χ0) is 62.3. The van der Waals surface area contributed by atoms with Gasteiger partial charge in [0.2, 0.25) is 0 Å². The molecule has 2 fully saturated rings. The zero-order valence-electron chi connectivity index (χ0n) is 55.7. The molecule has 0 amide bonds. The molecular weight excluding hydrogens is 1180 g/mol. The SMILES string of the molecule is CCCCC(C)P(C1=CCCCC1)c1ccc2ccccc2c1-c1c(P(c2ccccc2)c2ccc(-c3ccc4ccc(P(C5CCCCC5)C5CCCCC5)c(-c5c(P(C6=CCCCC6)C(C)CCCC)ccc6ccccc56)c4c3)cc2)ccc2ccccc12. The fourth-order valence-corrected chi connectivity index (χ4v) is 29.9. The fraction of sp³-hybridized carbons (Fsp3) is 0.364. The topological polar surface area (TPSA) is 0 Å². The molecule has 0 spiro atoms. The fourth-order valence-electron chi connectivity index (χ4n) is 17.0. The summed E-state index contributed by atoms with van der Waals surface area (Å²) in [4.78, 5) is 0. The smallest absolute Gasteiger partial charge is 0.000895 e. The van der Waals surface area contributed by atoms with Crippen LogP contribution >= 0.6 is 31.7 Å². The highest BCUT2D eigenvalue weighted by atomic mass is 31.1. The van der Waals surface area contributed by atoms with Crippen LogP contribution in [0.25, 0.3) is 76.5 Å². The van der Waals surface area contributed by atoms with Crippen molar-refractivity contribution in [2.75, 3.05) is 0 Å². The second-order valence-electron chi connectivity index (χ2n) is 27.8. The lowest BCUT2D eigenvalue weighted by Gasteiger charge is -2.40. The van der Waals surface area contributed by atoms with Gasteiger partial charge in [-0.1, -0.05) is 300 Å². The number of allylic oxidation sites excluding steroid dienone is 4. The third kappa shape index (κ3) is 13.3. The summed E-state index contributed by atoms with van der Waals surface area (Å²) in [6.45, 7) is 10.0. The van der Waals surface area contributed by atoms with Crippen molar-refractivity contribution in [3.63, 3.8) is 0 Å². The van der Waals surface area contributed by atoms with Gasteiger partial charge >= 0.3 is 0 Å². The molecular formula is C88H98P4. The monoisotopic (exact) mass is 1280 g/mol. The summed E-state index contributed by atoms with van der Waals surface area (Å²) in [5, 5.41) is 23.9. The number of unbranched alkanes of at least 4 members (excludes halogenated alkanes) is 2. The van der Waals surface area contributed by atoms with E-state index in [0.717, 1.165) is 11.3 Å². The van der Waals surface area contributed by atoms with Crippen molar-refractivity contribution in [3.05, 3.63) is 217 Å². The lowest BCUT2D eigenvalue weighted by molar-refractivity contribution is 0.487. The number of benzene rings is 10. The maximum absolute atomic E-state index is 2.73. The first-order valence-electron chi connectivity index (χ1n) is 36.3. The summed E-state index contributed by atoms with van der Waals surface area (Å²) in [7, 11) is -2.58. The molecule has 0 bridgehead atoms. The predicted molar refractivity (Wildman–Crippen MR) is 416 cm³/mol. The van der Waals surface area contributed by atoms with Gasteiger partial charge in [0.05, 0.1) is 0 Å². The van der Waals surface area contributed by atoms with Crippen LogP contribution in [0.4, 0.5) is 0 Å². The Morgan fingerprint density at radius 3 is 1.24 bits per heavy atom. The lowest BCUT2D eigenvalue weighted by atomic mass is 9.92. The summed E-state index contributed by atoms with van der Waals surface area (Å²) < 4.78 is 0. The second kappa shape index (κ2) is 30.0. The minimum absolute atomic E-state index is 0.420. The van der Waals surface area contributed by atoms with E-state index in [9.17, 15) is 0 Å². The van der Waals surface area contributed by atoms with E-state index in [1.54, 1.807) is 37.7 Å². The van der Waals surface area contributed by atoms with Crippen molar-refractivity contribution < 1.29 is 0 Å². The maximum Gasteiger partial charge on any atom is -0.000895 e. The Morgan fingerprint density at radius 2 is 0.761 bits per heavy atom. The molecule has 0 nitrogen and oxygen atoms in total. The highest BCUT2D eigenvalue weighted by Crippen LogP contribution is 2.61. The molecule has 0 N–H and O–H groups in total. The van der Waals surface area contributed by atoms with Crippen molar-refractivity contribution in [2.24, 2.45) is 0 Å². The van der Waals surface area contributed by atoms with Crippen LogP contribution in [0.5, 0.6) is 0 Å². The van der Waals surface area contributed by atoms with Gasteiger partial charge in [-0.25, -0.2) is 0 Å². The van der Waals surface area contributed by atoms with Crippen LogP contribution in [0.2, 0.25) is 0 Å². The van der Waals surface area contributed by atoms with E-state index in [4.69, 9.17) is 0 Å². The summed E-state index contributed by atoms with van der Waals surface area (Å²) >= 11 is 0. The molecule has 10 aromatic rings. The molecule has 0 aliphatic heterocycles. The molecule has 10 aromatic carbocycles. The number of hydrogen-bond acceptors (Lipinski definition) is 0. The van der Waals surface area contributed by atoms with Crippen molar-refractivity contribution in [3.8, 4) is 33.4 Å². The highest BCUT2D eigenvalue weighted by Gasteiger charge is 2.37. The first-order valence-corrected chi connectivity index (χ1v) is 41.9. The Kier molecular flexibility index (Phi) is 20.8. The Bertz CT molecular complexity index is 4220. The van der Waals surface area contributed by atoms with E-state index in [1.165, 1.54) is 235 Å². The Labute approximate surface area is 557 Å².